The van der Waals surface area contributed by atoms with Crippen molar-refractivity contribution >= 4 is 5.91 Å². The third-order valence-electron chi connectivity index (χ3n) is 2.85. The zero-order chi connectivity index (χ0) is 9.19. The van der Waals surface area contributed by atoms with E-state index in [-0.39, 0.29) is 11.4 Å². The van der Waals surface area contributed by atoms with Crippen molar-refractivity contribution in [1.82, 2.24) is 0 Å². The topological polar surface area (TPSA) is 69.1 Å². The van der Waals surface area contributed by atoms with E-state index in [9.17, 15) is 4.79 Å². The molecule has 3 nitrogen and oxygen atoms in total. The van der Waals surface area contributed by atoms with Gasteiger partial charge in [0, 0.05) is 12.0 Å². The van der Waals surface area contributed by atoms with Crippen LogP contribution in [0.5, 0.6) is 0 Å². The molecule has 0 aromatic rings. The van der Waals surface area contributed by atoms with Gasteiger partial charge in [0.1, 0.15) is 0 Å². The minimum absolute atomic E-state index is 0.269. The van der Waals surface area contributed by atoms with E-state index in [1.165, 1.54) is 0 Å². The molecule has 4 N–H and O–H groups in total. The van der Waals surface area contributed by atoms with Crippen LogP contribution in [0.25, 0.3) is 0 Å². The molecule has 1 fully saturated rings. The van der Waals surface area contributed by atoms with Crippen molar-refractivity contribution in [2.24, 2.45) is 17.4 Å². The third kappa shape index (κ3) is 2.21. The highest BCUT2D eigenvalue weighted by molar-refractivity contribution is 5.75. The first-order valence-electron chi connectivity index (χ1n) is 4.63. The number of rotatable bonds is 3. The van der Waals surface area contributed by atoms with Gasteiger partial charge >= 0.3 is 0 Å². The largest absolute Gasteiger partial charge is 0.370 e. The van der Waals surface area contributed by atoms with Gasteiger partial charge in [0.05, 0.1) is 0 Å². The van der Waals surface area contributed by atoms with Crippen LogP contribution < -0.4 is 11.5 Å². The van der Waals surface area contributed by atoms with E-state index in [0.717, 1.165) is 25.7 Å². The summed E-state index contributed by atoms with van der Waals surface area (Å²) in [6, 6.07) is 0. The summed E-state index contributed by atoms with van der Waals surface area (Å²) in [6.07, 6.45) is 4.59. The summed E-state index contributed by atoms with van der Waals surface area (Å²) in [4.78, 5) is 10.7. The Kier molecular flexibility index (Phi) is 2.73. The van der Waals surface area contributed by atoms with Crippen molar-refractivity contribution in [3.05, 3.63) is 0 Å². The molecule has 70 valence electrons. The van der Waals surface area contributed by atoms with Gasteiger partial charge in [0.15, 0.2) is 0 Å². The van der Waals surface area contributed by atoms with E-state index in [0.29, 0.717) is 12.3 Å². The van der Waals surface area contributed by atoms with Gasteiger partial charge in [-0.2, -0.15) is 0 Å². The summed E-state index contributed by atoms with van der Waals surface area (Å²) >= 11 is 0. The zero-order valence-electron chi connectivity index (χ0n) is 7.68. The number of hydrogen-bond donors (Lipinski definition) is 2. The summed E-state index contributed by atoms with van der Waals surface area (Å²) in [5.74, 6) is 0.434. The van der Waals surface area contributed by atoms with Crippen LogP contribution in [0.2, 0.25) is 0 Å². The van der Waals surface area contributed by atoms with E-state index >= 15 is 0 Å². The Morgan fingerprint density at radius 2 is 2.33 bits per heavy atom. The fourth-order valence-corrected chi connectivity index (χ4v) is 2.13. The molecule has 1 aliphatic rings. The van der Waals surface area contributed by atoms with Gasteiger partial charge in [-0.25, -0.2) is 0 Å². The first kappa shape index (κ1) is 9.52. The Bertz CT molecular complexity index is 181. The average molecular weight is 170 g/mol. The summed E-state index contributed by atoms with van der Waals surface area (Å²) in [5, 5.41) is 0. The summed E-state index contributed by atoms with van der Waals surface area (Å²) in [5.41, 5.74) is 10.9. The second kappa shape index (κ2) is 3.44. The number of amides is 1. The number of hydrogen-bond acceptors (Lipinski definition) is 2. The van der Waals surface area contributed by atoms with Crippen LogP contribution in [0.4, 0.5) is 0 Å². The fraction of sp³-hybridized carbons (Fsp3) is 0.889. The van der Waals surface area contributed by atoms with Crippen LogP contribution in [-0.2, 0) is 4.79 Å². The van der Waals surface area contributed by atoms with Crippen molar-refractivity contribution in [2.75, 3.05) is 0 Å². The molecule has 0 heterocycles. The summed E-state index contributed by atoms with van der Waals surface area (Å²) in [7, 11) is 0. The fourth-order valence-electron chi connectivity index (χ4n) is 2.13. The molecule has 0 aromatic heterocycles. The van der Waals surface area contributed by atoms with Crippen molar-refractivity contribution in [1.29, 1.82) is 0 Å². The quantitative estimate of drug-likeness (QED) is 0.656. The Morgan fingerprint density at radius 1 is 1.67 bits per heavy atom. The van der Waals surface area contributed by atoms with E-state index in [1.54, 1.807) is 0 Å². The lowest BCUT2D eigenvalue weighted by Crippen LogP contribution is -2.41. The SMILES string of the molecule is CCC1CCC(N)(CC(N)=O)C1. The predicted octanol–water partition coefficient (Wildman–Crippen LogP) is 0.769. The number of primary amides is 1. The van der Waals surface area contributed by atoms with Gasteiger partial charge in [0.25, 0.3) is 0 Å². The van der Waals surface area contributed by atoms with Crippen LogP contribution in [-0.4, -0.2) is 11.4 Å². The maximum absolute atomic E-state index is 10.7. The first-order chi connectivity index (χ1) is 5.56. The minimum Gasteiger partial charge on any atom is -0.370 e. The predicted molar refractivity (Wildman–Crippen MR) is 48.4 cm³/mol. The molecule has 2 atom stereocenters. The molecule has 0 saturated heterocycles. The van der Waals surface area contributed by atoms with E-state index < -0.39 is 0 Å². The van der Waals surface area contributed by atoms with Crippen molar-refractivity contribution in [3.63, 3.8) is 0 Å². The molecular weight excluding hydrogens is 152 g/mol. The average Bonchev–Trinajstić information content (AvgIpc) is 2.30. The first-order valence-corrected chi connectivity index (χ1v) is 4.63. The number of carbonyl (C=O) groups is 1. The molecule has 0 spiro atoms. The zero-order valence-corrected chi connectivity index (χ0v) is 7.68. The van der Waals surface area contributed by atoms with E-state index in [4.69, 9.17) is 11.5 Å². The molecule has 1 amide bonds. The molecule has 0 radical (unpaired) electrons. The number of carbonyl (C=O) groups excluding carboxylic acids is 1. The van der Waals surface area contributed by atoms with E-state index in [1.807, 2.05) is 0 Å². The second-order valence-corrected chi connectivity index (χ2v) is 4.02. The highest BCUT2D eigenvalue weighted by Crippen LogP contribution is 2.36. The molecule has 0 aliphatic heterocycles. The molecule has 12 heavy (non-hydrogen) atoms. The molecule has 1 saturated carbocycles. The lowest BCUT2D eigenvalue weighted by molar-refractivity contribution is -0.119. The third-order valence-corrected chi connectivity index (χ3v) is 2.85. The van der Waals surface area contributed by atoms with Gasteiger partial charge in [-0.05, 0) is 25.2 Å². The molecule has 1 aliphatic carbocycles. The lowest BCUT2D eigenvalue weighted by Gasteiger charge is -2.21. The Hall–Kier alpha value is -0.570. The standard InChI is InChI=1S/C9H18N2O/c1-2-7-3-4-9(11,5-7)6-8(10)12/h7H,2-6,11H2,1H3,(H2,10,12). The maximum atomic E-state index is 10.7. The molecular formula is C9H18N2O. The van der Waals surface area contributed by atoms with Crippen LogP contribution in [0.1, 0.15) is 39.0 Å². The van der Waals surface area contributed by atoms with Crippen LogP contribution in [0, 0.1) is 5.92 Å². The summed E-state index contributed by atoms with van der Waals surface area (Å²) in [6.45, 7) is 2.17. The highest BCUT2D eigenvalue weighted by Gasteiger charge is 2.35. The molecule has 0 aromatic carbocycles. The van der Waals surface area contributed by atoms with Gasteiger partial charge < -0.3 is 11.5 Å². The van der Waals surface area contributed by atoms with Gasteiger partial charge in [-0.15, -0.1) is 0 Å². The van der Waals surface area contributed by atoms with Crippen LogP contribution in [0.15, 0.2) is 0 Å². The molecule has 1 rings (SSSR count). The van der Waals surface area contributed by atoms with Crippen LogP contribution in [0.3, 0.4) is 0 Å². The summed E-state index contributed by atoms with van der Waals surface area (Å²) < 4.78 is 0. The molecule has 3 heteroatoms. The highest BCUT2D eigenvalue weighted by atomic mass is 16.1. The van der Waals surface area contributed by atoms with Gasteiger partial charge in [-0.3, -0.25) is 4.79 Å². The maximum Gasteiger partial charge on any atom is 0.219 e. The second-order valence-electron chi connectivity index (χ2n) is 4.02. The van der Waals surface area contributed by atoms with E-state index in [2.05, 4.69) is 6.92 Å². The Balaban J connectivity index is 2.46. The molecule has 0 bridgehead atoms. The Labute approximate surface area is 73.5 Å². The minimum atomic E-state index is -0.285. The van der Waals surface area contributed by atoms with Crippen molar-refractivity contribution < 1.29 is 4.79 Å². The van der Waals surface area contributed by atoms with Crippen molar-refractivity contribution in [2.45, 2.75) is 44.6 Å². The Morgan fingerprint density at radius 3 is 2.75 bits per heavy atom. The van der Waals surface area contributed by atoms with Gasteiger partial charge in [-0.1, -0.05) is 13.3 Å². The van der Waals surface area contributed by atoms with Crippen LogP contribution >= 0.6 is 0 Å². The van der Waals surface area contributed by atoms with Crippen molar-refractivity contribution in [3.8, 4) is 0 Å². The molecule has 2 unspecified atom stereocenters. The lowest BCUT2D eigenvalue weighted by atomic mass is 9.92. The number of nitrogens with two attached hydrogens (primary N) is 2. The smallest absolute Gasteiger partial charge is 0.219 e. The monoisotopic (exact) mass is 170 g/mol. The normalized spacial score (nSPS) is 35.3. The van der Waals surface area contributed by atoms with Gasteiger partial charge in [0.2, 0.25) is 5.91 Å².